The van der Waals surface area contributed by atoms with Crippen LogP contribution in [-0.4, -0.2) is 62.7 Å². The Morgan fingerprint density at radius 3 is 2.43 bits per heavy atom. The third-order valence-corrected chi connectivity index (χ3v) is 7.14. The predicted octanol–water partition coefficient (Wildman–Crippen LogP) is 4.59. The van der Waals surface area contributed by atoms with Gasteiger partial charge in [0, 0.05) is 63.3 Å². The highest BCUT2D eigenvalue weighted by Gasteiger charge is 2.40. The number of halogens is 1. The molecule has 3 unspecified atom stereocenters. The van der Waals surface area contributed by atoms with Gasteiger partial charge in [-0.3, -0.25) is 4.79 Å². The third-order valence-electron chi connectivity index (χ3n) is 7.14. The Kier molecular flexibility index (Phi) is 8.00. The predicted molar refractivity (Wildman–Crippen MR) is 133 cm³/mol. The van der Waals surface area contributed by atoms with Gasteiger partial charge in [-0.05, 0) is 43.3 Å². The molecule has 2 fully saturated rings. The van der Waals surface area contributed by atoms with E-state index in [1.165, 1.54) is 6.07 Å². The molecule has 2 aliphatic rings. The summed E-state index contributed by atoms with van der Waals surface area (Å²) in [6.45, 7) is 6.57. The second-order valence-electron chi connectivity index (χ2n) is 9.30. The lowest BCUT2D eigenvalue weighted by Crippen LogP contribution is -2.38. The van der Waals surface area contributed by atoms with E-state index in [9.17, 15) is 14.3 Å². The third kappa shape index (κ3) is 5.81. The SMILES string of the molecule is CCOc1ccc(F)c(N2CCC(Oc3ccc(N4CC(OC)C(C)C4CC(=O)O)cc3)CC2)c1. The molecular formula is C27H35FN2O5. The van der Waals surface area contributed by atoms with Crippen LogP contribution >= 0.6 is 0 Å². The maximum atomic E-state index is 14.4. The maximum absolute atomic E-state index is 14.4. The number of benzene rings is 2. The average molecular weight is 487 g/mol. The summed E-state index contributed by atoms with van der Waals surface area (Å²) in [5, 5.41) is 9.37. The van der Waals surface area contributed by atoms with Crippen LogP contribution in [0.25, 0.3) is 0 Å². The van der Waals surface area contributed by atoms with E-state index >= 15 is 0 Å². The van der Waals surface area contributed by atoms with Crippen LogP contribution in [-0.2, 0) is 9.53 Å². The number of hydrogen-bond acceptors (Lipinski definition) is 6. The fraction of sp³-hybridized carbons (Fsp3) is 0.519. The molecule has 0 spiro atoms. The van der Waals surface area contributed by atoms with Gasteiger partial charge in [0.15, 0.2) is 0 Å². The van der Waals surface area contributed by atoms with E-state index in [1.54, 1.807) is 19.2 Å². The summed E-state index contributed by atoms with van der Waals surface area (Å²) in [4.78, 5) is 15.6. The molecule has 4 rings (SSSR count). The lowest BCUT2D eigenvalue weighted by Gasteiger charge is -2.34. The van der Waals surface area contributed by atoms with Crippen molar-refractivity contribution in [1.29, 1.82) is 0 Å². The van der Waals surface area contributed by atoms with Crippen LogP contribution in [0, 0.1) is 11.7 Å². The molecule has 3 atom stereocenters. The van der Waals surface area contributed by atoms with Crippen molar-refractivity contribution in [2.45, 2.75) is 51.4 Å². The zero-order valence-corrected chi connectivity index (χ0v) is 20.7. The summed E-state index contributed by atoms with van der Waals surface area (Å²) in [6, 6.07) is 12.6. The van der Waals surface area contributed by atoms with Crippen molar-refractivity contribution in [3.8, 4) is 11.5 Å². The van der Waals surface area contributed by atoms with Crippen LogP contribution in [0.4, 0.5) is 15.8 Å². The van der Waals surface area contributed by atoms with E-state index in [1.807, 2.05) is 43.0 Å². The van der Waals surface area contributed by atoms with Gasteiger partial charge < -0.3 is 29.1 Å². The largest absolute Gasteiger partial charge is 0.494 e. The first-order valence-electron chi connectivity index (χ1n) is 12.3. The van der Waals surface area contributed by atoms with E-state index < -0.39 is 5.97 Å². The molecule has 7 nitrogen and oxygen atoms in total. The molecule has 0 amide bonds. The molecule has 2 aliphatic heterocycles. The van der Waals surface area contributed by atoms with Crippen molar-refractivity contribution in [2.24, 2.45) is 5.92 Å². The number of methoxy groups -OCH3 is 1. The number of aliphatic carboxylic acids is 1. The molecule has 0 bridgehead atoms. The van der Waals surface area contributed by atoms with Gasteiger partial charge in [0.1, 0.15) is 23.4 Å². The molecule has 190 valence electrons. The number of hydrogen-bond donors (Lipinski definition) is 1. The Labute approximate surface area is 206 Å². The summed E-state index contributed by atoms with van der Waals surface area (Å²) in [7, 11) is 1.68. The molecule has 0 radical (unpaired) electrons. The van der Waals surface area contributed by atoms with Gasteiger partial charge in [-0.15, -0.1) is 0 Å². The number of carboxylic acid groups (broad SMARTS) is 1. The Morgan fingerprint density at radius 1 is 1.11 bits per heavy atom. The van der Waals surface area contributed by atoms with Crippen molar-refractivity contribution < 1.29 is 28.5 Å². The number of ether oxygens (including phenoxy) is 3. The van der Waals surface area contributed by atoms with E-state index in [-0.39, 0.29) is 36.4 Å². The highest BCUT2D eigenvalue weighted by atomic mass is 19.1. The molecular weight excluding hydrogens is 451 g/mol. The van der Waals surface area contributed by atoms with Gasteiger partial charge in [0.05, 0.1) is 24.8 Å². The Morgan fingerprint density at radius 2 is 1.80 bits per heavy atom. The number of carbonyl (C=O) groups is 1. The van der Waals surface area contributed by atoms with Crippen molar-refractivity contribution >= 4 is 17.3 Å². The number of carboxylic acids is 1. The fourth-order valence-electron chi connectivity index (χ4n) is 5.20. The molecule has 2 heterocycles. The Hall–Kier alpha value is -3.00. The maximum Gasteiger partial charge on any atom is 0.305 e. The van der Waals surface area contributed by atoms with E-state index in [2.05, 4.69) is 4.90 Å². The van der Waals surface area contributed by atoms with Gasteiger partial charge in [0.25, 0.3) is 0 Å². The van der Waals surface area contributed by atoms with Crippen molar-refractivity contribution in [2.75, 3.05) is 43.2 Å². The van der Waals surface area contributed by atoms with Crippen molar-refractivity contribution in [3.05, 3.63) is 48.3 Å². The number of piperidine rings is 1. The zero-order valence-electron chi connectivity index (χ0n) is 20.7. The van der Waals surface area contributed by atoms with Gasteiger partial charge in [-0.2, -0.15) is 0 Å². The standard InChI is InChI=1S/C27H35FN2O5/c1-4-34-22-9-10-23(28)25(15-22)29-13-11-21(12-14-29)35-20-7-5-19(6-8-20)30-17-26(33-3)18(2)24(30)16-27(31)32/h5-10,15,18,21,24,26H,4,11-14,16-17H2,1-3H3,(H,31,32). The topological polar surface area (TPSA) is 71.5 Å². The summed E-state index contributed by atoms with van der Waals surface area (Å²) in [5.74, 6) is 0.534. The zero-order chi connectivity index (χ0) is 24.9. The summed E-state index contributed by atoms with van der Waals surface area (Å²) < 4.78 is 31.7. The quantitative estimate of drug-likeness (QED) is 0.556. The first-order chi connectivity index (χ1) is 16.9. The molecule has 2 aromatic carbocycles. The van der Waals surface area contributed by atoms with Crippen LogP contribution in [0.1, 0.15) is 33.1 Å². The first-order valence-corrected chi connectivity index (χ1v) is 12.3. The van der Waals surface area contributed by atoms with Crippen LogP contribution in [0.5, 0.6) is 11.5 Å². The summed E-state index contributed by atoms with van der Waals surface area (Å²) >= 11 is 0. The minimum atomic E-state index is -0.806. The summed E-state index contributed by atoms with van der Waals surface area (Å²) in [5.41, 5.74) is 1.54. The second kappa shape index (κ2) is 11.2. The van der Waals surface area contributed by atoms with Gasteiger partial charge >= 0.3 is 5.97 Å². The van der Waals surface area contributed by atoms with Crippen LogP contribution in [0.2, 0.25) is 0 Å². The lowest BCUT2D eigenvalue weighted by atomic mass is 9.97. The Bertz CT molecular complexity index is 994. The van der Waals surface area contributed by atoms with Crippen molar-refractivity contribution in [3.63, 3.8) is 0 Å². The molecule has 2 aromatic rings. The van der Waals surface area contributed by atoms with Gasteiger partial charge in [0.2, 0.25) is 0 Å². The molecule has 8 heteroatoms. The highest BCUT2D eigenvalue weighted by molar-refractivity contribution is 5.69. The second-order valence-corrected chi connectivity index (χ2v) is 9.30. The Balaban J connectivity index is 1.35. The monoisotopic (exact) mass is 486 g/mol. The minimum absolute atomic E-state index is 0.000438. The number of anilines is 2. The van der Waals surface area contributed by atoms with Crippen LogP contribution in [0.3, 0.4) is 0 Å². The summed E-state index contributed by atoms with van der Waals surface area (Å²) in [6.07, 6.45) is 1.71. The first kappa shape index (κ1) is 25.1. The van der Waals surface area contributed by atoms with Gasteiger partial charge in [-0.1, -0.05) is 6.92 Å². The highest BCUT2D eigenvalue weighted by Crippen LogP contribution is 2.34. The molecule has 0 saturated carbocycles. The van der Waals surface area contributed by atoms with Gasteiger partial charge in [-0.25, -0.2) is 4.39 Å². The van der Waals surface area contributed by atoms with Crippen LogP contribution in [0.15, 0.2) is 42.5 Å². The van der Waals surface area contributed by atoms with Crippen molar-refractivity contribution in [1.82, 2.24) is 0 Å². The average Bonchev–Trinajstić information content (AvgIpc) is 3.16. The molecule has 0 aliphatic carbocycles. The van der Waals surface area contributed by atoms with E-state index in [4.69, 9.17) is 14.2 Å². The number of rotatable bonds is 9. The molecule has 35 heavy (non-hydrogen) atoms. The van der Waals surface area contributed by atoms with E-state index in [0.717, 1.165) is 24.3 Å². The molecule has 0 aromatic heterocycles. The normalized spacial score (nSPS) is 22.9. The minimum Gasteiger partial charge on any atom is -0.494 e. The smallest absolute Gasteiger partial charge is 0.305 e. The molecule has 1 N–H and O–H groups in total. The van der Waals surface area contributed by atoms with E-state index in [0.29, 0.717) is 37.7 Å². The molecule has 2 saturated heterocycles. The fourth-order valence-corrected chi connectivity index (χ4v) is 5.20. The number of nitrogens with zero attached hydrogens (tertiary/aromatic N) is 2. The van der Waals surface area contributed by atoms with Crippen LogP contribution < -0.4 is 19.3 Å². The lowest BCUT2D eigenvalue weighted by molar-refractivity contribution is -0.137.